The summed E-state index contributed by atoms with van der Waals surface area (Å²) in [5.41, 5.74) is 2.22. The molecule has 2 aromatic carbocycles. The number of para-hydroxylation sites is 1. The second-order valence-corrected chi connectivity index (χ2v) is 7.67. The summed E-state index contributed by atoms with van der Waals surface area (Å²) < 4.78 is 12.2. The largest absolute Gasteiger partial charge is 0.494 e. The van der Waals surface area contributed by atoms with Gasteiger partial charge >= 0.3 is 5.97 Å². The zero-order valence-corrected chi connectivity index (χ0v) is 18.2. The van der Waals surface area contributed by atoms with E-state index in [1.165, 1.54) is 16.0 Å². The molecule has 0 bridgehead atoms. The minimum absolute atomic E-state index is 0.244. The van der Waals surface area contributed by atoms with E-state index in [1.54, 1.807) is 30.3 Å². The van der Waals surface area contributed by atoms with Crippen molar-refractivity contribution in [3.63, 3.8) is 0 Å². The smallest absolute Gasteiger partial charge is 0.357 e. The van der Waals surface area contributed by atoms with Crippen LogP contribution in [0.4, 0.5) is 5.69 Å². The number of carbonyl (C=O) groups is 2. The second kappa shape index (κ2) is 9.93. The number of amides is 1. The first-order chi connectivity index (χ1) is 15.6. The van der Waals surface area contributed by atoms with Crippen LogP contribution in [0.15, 0.2) is 78.2 Å². The molecule has 162 valence electrons. The minimum atomic E-state index is -0.633. The van der Waals surface area contributed by atoms with E-state index in [1.807, 2.05) is 54.8 Å². The Balaban J connectivity index is 1.46. The summed E-state index contributed by atoms with van der Waals surface area (Å²) in [7, 11) is 0. The Kier molecular flexibility index (Phi) is 6.62. The molecule has 32 heavy (non-hydrogen) atoms. The van der Waals surface area contributed by atoms with Gasteiger partial charge in [0.2, 0.25) is 0 Å². The fourth-order valence-corrected chi connectivity index (χ4v) is 3.72. The van der Waals surface area contributed by atoms with Crippen LogP contribution in [0.5, 0.6) is 5.75 Å². The zero-order valence-electron chi connectivity index (χ0n) is 17.4. The fraction of sp³-hybridized carbons (Fsp3) is 0.125. The van der Waals surface area contributed by atoms with Crippen molar-refractivity contribution in [2.45, 2.75) is 6.92 Å². The molecule has 0 radical (unpaired) electrons. The number of rotatable bonds is 8. The van der Waals surface area contributed by atoms with E-state index < -0.39 is 18.5 Å². The van der Waals surface area contributed by atoms with Gasteiger partial charge in [0.25, 0.3) is 5.91 Å². The standard InChI is InChI=1S/C24H21N3O4S/c1-2-30-19-12-10-17(11-13-19)25-23(28)16-31-24(29)21-15-20(22-9-6-14-32-22)26-27(21)18-7-4-3-5-8-18/h3-15H,2,16H2,1H3,(H,25,28). The van der Waals surface area contributed by atoms with Crippen molar-refractivity contribution in [2.24, 2.45) is 0 Å². The maximum Gasteiger partial charge on any atom is 0.357 e. The first kappa shape index (κ1) is 21.3. The van der Waals surface area contributed by atoms with Crippen LogP contribution in [0.25, 0.3) is 16.3 Å². The van der Waals surface area contributed by atoms with E-state index >= 15 is 0 Å². The summed E-state index contributed by atoms with van der Waals surface area (Å²) >= 11 is 1.53. The van der Waals surface area contributed by atoms with Crippen molar-refractivity contribution in [1.82, 2.24) is 9.78 Å². The van der Waals surface area contributed by atoms with Gasteiger partial charge in [-0.2, -0.15) is 5.10 Å². The lowest BCUT2D eigenvalue weighted by molar-refractivity contribution is -0.119. The molecular formula is C24H21N3O4S. The molecule has 0 saturated carbocycles. The van der Waals surface area contributed by atoms with E-state index in [-0.39, 0.29) is 5.69 Å². The SMILES string of the molecule is CCOc1ccc(NC(=O)COC(=O)c2cc(-c3cccs3)nn2-c2ccccc2)cc1. The number of benzene rings is 2. The van der Waals surface area contributed by atoms with Crippen LogP contribution in [-0.2, 0) is 9.53 Å². The van der Waals surface area contributed by atoms with Crippen LogP contribution >= 0.6 is 11.3 Å². The van der Waals surface area contributed by atoms with Gasteiger partial charge in [-0.05, 0) is 54.8 Å². The van der Waals surface area contributed by atoms with E-state index in [0.717, 1.165) is 10.6 Å². The van der Waals surface area contributed by atoms with Gasteiger partial charge in [0.1, 0.15) is 11.4 Å². The number of aromatic nitrogens is 2. The predicted octanol–water partition coefficient (Wildman–Crippen LogP) is 4.80. The van der Waals surface area contributed by atoms with Gasteiger partial charge in [-0.1, -0.05) is 24.3 Å². The van der Waals surface area contributed by atoms with Crippen molar-refractivity contribution in [3.8, 4) is 22.0 Å². The summed E-state index contributed by atoms with van der Waals surface area (Å²) in [6, 6.07) is 21.8. The maximum atomic E-state index is 12.8. The van der Waals surface area contributed by atoms with E-state index in [0.29, 0.717) is 23.7 Å². The monoisotopic (exact) mass is 447 g/mol. The van der Waals surface area contributed by atoms with Gasteiger partial charge < -0.3 is 14.8 Å². The summed E-state index contributed by atoms with van der Waals surface area (Å²) in [5, 5.41) is 9.22. The first-order valence-electron chi connectivity index (χ1n) is 10.0. The lowest BCUT2D eigenvalue weighted by atomic mass is 10.3. The molecular weight excluding hydrogens is 426 g/mol. The molecule has 0 aliphatic carbocycles. The van der Waals surface area contributed by atoms with Crippen LogP contribution in [0.2, 0.25) is 0 Å². The lowest BCUT2D eigenvalue weighted by Crippen LogP contribution is -2.22. The Morgan fingerprint density at radius 3 is 2.50 bits per heavy atom. The number of nitrogens with one attached hydrogen (secondary N) is 1. The van der Waals surface area contributed by atoms with E-state index in [9.17, 15) is 9.59 Å². The molecule has 1 N–H and O–H groups in total. The molecule has 0 spiro atoms. The topological polar surface area (TPSA) is 82.4 Å². The molecule has 2 aromatic heterocycles. The molecule has 2 heterocycles. The highest BCUT2D eigenvalue weighted by molar-refractivity contribution is 7.13. The Bertz CT molecular complexity index is 1190. The average Bonchev–Trinajstić information content (AvgIpc) is 3.50. The number of hydrogen-bond acceptors (Lipinski definition) is 6. The Morgan fingerprint density at radius 2 is 1.81 bits per heavy atom. The van der Waals surface area contributed by atoms with Gasteiger partial charge in [-0.25, -0.2) is 9.48 Å². The Hall–Kier alpha value is -3.91. The molecule has 4 aromatic rings. The number of esters is 1. The number of nitrogens with zero attached hydrogens (tertiary/aromatic N) is 2. The normalized spacial score (nSPS) is 10.5. The third-order valence-corrected chi connectivity index (χ3v) is 5.37. The molecule has 0 saturated heterocycles. The molecule has 8 heteroatoms. The van der Waals surface area contributed by atoms with Crippen LogP contribution < -0.4 is 10.1 Å². The molecule has 0 aliphatic heterocycles. The third-order valence-electron chi connectivity index (χ3n) is 4.48. The zero-order chi connectivity index (χ0) is 22.3. The quantitative estimate of drug-likeness (QED) is 0.393. The molecule has 0 aliphatic rings. The summed E-state index contributed by atoms with van der Waals surface area (Å²) in [6.07, 6.45) is 0. The van der Waals surface area contributed by atoms with Gasteiger partial charge in [-0.3, -0.25) is 4.79 Å². The van der Waals surface area contributed by atoms with Crippen molar-refractivity contribution in [2.75, 3.05) is 18.5 Å². The lowest BCUT2D eigenvalue weighted by Gasteiger charge is -2.09. The first-order valence-corrected chi connectivity index (χ1v) is 10.9. The summed E-state index contributed by atoms with van der Waals surface area (Å²) in [5.74, 6) is -0.356. The van der Waals surface area contributed by atoms with Crippen LogP contribution in [0.3, 0.4) is 0 Å². The van der Waals surface area contributed by atoms with E-state index in [2.05, 4.69) is 10.4 Å². The highest BCUT2D eigenvalue weighted by Crippen LogP contribution is 2.26. The highest BCUT2D eigenvalue weighted by Gasteiger charge is 2.20. The van der Waals surface area contributed by atoms with Crippen molar-refractivity contribution in [3.05, 3.63) is 83.9 Å². The molecule has 0 atom stereocenters. The highest BCUT2D eigenvalue weighted by atomic mass is 32.1. The molecule has 0 unspecified atom stereocenters. The van der Waals surface area contributed by atoms with Gasteiger partial charge in [-0.15, -0.1) is 11.3 Å². The molecule has 0 fully saturated rings. The molecule has 7 nitrogen and oxygen atoms in total. The summed E-state index contributed by atoms with van der Waals surface area (Å²) in [6.45, 7) is 2.05. The second-order valence-electron chi connectivity index (χ2n) is 6.72. The van der Waals surface area contributed by atoms with Crippen LogP contribution in [0.1, 0.15) is 17.4 Å². The predicted molar refractivity (Wildman–Crippen MR) is 123 cm³/mol. The molecule has 1 amide bonds. The van der Waals surface area contributed by atoms with Crippen molar-refractivity contribution >= 4 is 28.9 Å². The molecule has 4 rings (SSSR count). The van der Waals surface area contributed by atoms with Crippen LogP contribution in [-0.4, -0.2) is 34.9 Å². The Labute approximate surface area is 189 Å². The van der Waals surface area contributed by atoms with Crippen molar-refractivity contribution in [1.29, 1.82) is 0 Å². The number of thiophene rings is 1. The average molecular weight is 448 g/mol. The van der Waals surface area contributed by atoms with Crippen LogP contribution in [0, 0.1) is 0 Å². The fourth-order valence-electron chi connectivity index (χ4n) is 3.04. The van der Waals surface area contributed by atoms with Gasteiger partial charge in [0, 0.05) is 11.8 Å². The van der Waals surface area contributed by atoms with Gasteiger partial charge in [0.05, 0.1) is 17.2 Å². The number of ether oxygens (including phenoxy) is 2. The summed E-state index contributed by atoms with van der Waals surface area (Å²) in [4.78, 5) is 26.0. The van der Waals surface area contributed by atoms with Gasteiger partial charge in [0.15, 0.2) is 12.3 Å². The Morgan fingerprint density at radius 1 is 1.03 bits per heavy atom. The maximum absolute atomic E-state index is 12.8. The van der Waals surface area contributed by atoms with E-state index in [4.69, 9.17) is 9.47 Å². The minimum Gasteiger partial charge on any atom is -0.494 e. The third kappa shape index (κ3) is 5.04. The number of carbonyl (C=O) groups excluding carboxylic acids is 2. The number of hydrogen-bond donors (Lipinski definition) is 1. The number of anilines is 1. The van der Waals surface area contributed by atoms with Crippen molar-refractivity contribution < 1.29 is 19.1 Å².